The fraction of sp³-hybridized carbons (Fsp3) is 0.471. The van der Waals surface area contributed by atoms with Crippen LogP contribution < -0.4 is 10.2 Å². The van der Waals surface area contributed by atoms with E-state index in [0.717, 1.165) is 6.54 Å². The van der Waals surface area contributed by atoms with Crippen LogP contribution in [0.25, 0.3) is 0 Å². The molecular weight excluding hydrogens is 260 g/mol. The first-order valence-corrected chi connectivity index (χ1v) is 7.89. The van der Waals surface area contributed by atoms with E-state index in [9.17, 15) is 0 Å². The number of hydrogen-bond acceptors (Lipinski definition) is 3. The van der Waals surface area contributed by atoms with Crippen molar-refractivity contribution in [1.82, 2.24) is 9.78 Å². The second-order valence-electron chi connectivity index (χ2n) is 5.75. The van der Waals surface area contributed by atoms with Crippen molar-refractivity contribution in [3.63, 3.8) is 0 Å². The predicted molar refractivity (Wildman–Crippen MR) is 87.7 cm³/mol. The molecule has 1 aromatic heterocycles. The average Bonchev–Trinajstić information content (AvgIpc) is 2.77. The topological polar surface area (TPSA) is 33.1 Å². The monoisotopic (exact) mass is 284 g/mol. The molecule has 0 amide bonds. The molecule has 1 saturated heterocycles. The minimum atomic E-state index is 0.806. The van der Waals surface area contributed by atoms with Gasteiger partial charge in [0, 0.05) is 37.7 Å². The maximum absolute atomic E-state index is 4.20. The highest BCUT2D eigenvalue weighted by Crippen LogP contribution is 2.23. The van der Waals surface area contributed by atoms with E-state index in [-0.39, 0.29) is 0 Å². The lowest BCUT2D eigenvalue weighted by molar-refractivity contribution is 0.720. The number of anilines is 2. The standard InChI is InChI=1S/C17H24N4/c1-20-17(9-10-19-20)14-18-15-7-6-8-16(13-15)21-11-4-2-3-5-12-21/h6-10,13,18H,2-5,11-12,14H2,1H3. The molecule has 1 aliphatic rings. The average molecular weight is 284 g/mol. The molecule has 2 heterocycles. The van der Waals surface area contributed by atoms with Crippen LogP contribution in [0.4, 0.5) is 11.4 Å². The molecule has 1 aromatic carbocycles. The summed E-state index contributed by atoms with van der Waals surface area (Å²) in [5.41, 5.74) is 3.71. The first-order chi connectivity index (χ1) is 10.3. The Labute approximate surface area is 126 Å². The summed E-state index contributed by atoms with van der Waals surface area (Å²) in [4.78, 5) is 2.52. The van der Waals surface area contributed by atoms with Crippen LogP contribution >= 0.6 is 0 Å². The maximum atomic E-state index is 4.20. The zero-order valence-corrected chi connectivity index (χ0v) is 12.8. The highest BCUT2D eigenvalue weighted by molar-refractivity contribution is 5.58. The first-order valence-electron chi connectivity index (χ1n) is 7.89. The van der Waals surface area contributed by atoms with Gasteiger partial charge >= 0.3 is 0 Å². The Morgan fingerprint density at radius 3 is 2.62 bits per heavy atom. The number of aromatic nitrogens is 2. The van der Waals surface area contributed by atoms with Gasteiger partial charge in [-0.2, -0.15) is 5.10 Å². The number of nitrogens with one attached hydrogen (secondary N) is 1. The van der Waals surface area contributed by atoms with E-state index in [1.165, 1.54) is 55.8 Å². The molecular formula is C17H24N4. The van der Waals surface area contributed by atoms with E-state index in [2.05, 4.69) is 39.6 Å². The molecule has 3 rings (SSSR count). The SMILES string of the molecule is Cn1nccc1CNc1cccc(N2CCCCCC2)c1. The Bertz CT molecular complexity index is 568. The van der Waals surface area contributed by atoms with E-state index in [1.807, 2.05) is 24.0 Å². The van der Waals surface area contributed by atoms with Gasteiger partial charge < -0.3 is 10.2 Å². The highest BCUT2D eigenvalue weighted by atomic mass is 15.3. The first kappa shape index (κ1) is 14.0. The van der Waals surface area contributed by atoms with Crippen LogP contribution in [0.15, 0.2) is 36.5 Å². The molecule has 0 aliphatic carbocycles. The summed E-state index contributed by atoms with van der Waals surface area (Å²) >= 11 is 0. The van der Waals surface area contributed by atoms with Crippen molar-refractivity contribution >= 4 is 11.4 Å². The molecule has 0 radical (unpaired) electrons. The van der Waals surface area contributed by atoms with Crippen LogP contribution in [0.2, 0.25) is 0 Å². The van der Waals surface area contributed by atoms with Crippen molar-refractivity contribution in [2.45, 2.75) is 32.2 Å². The second kappa shape index (κ2) is 6.66. The van der Waals surface area contributed by atoms with Crippen LogP contribution in [0, 0.1) is 0 Å². The van der Waals surface area contributed by atoms with Crippen molar-refractivity contribution in [3.05, 3.63) is 42.2 Å². The minimum Gasteiger partial charge on any atom is -0.379 e. The van der Waals surface area contributed by atoms with E-state index in [4.69, 9.17) is 0 Å². The summed E-state index contributed by atoms with van der Waals surface area (Å²) in [5, 5.41) is 7.69. The lowest BCUT2D eigenvalue weighted by atomic mass is 10.2. The molecule has 0 atom stereocenters. The molecule has 0 saturated carbocycles. The third kappa shape index (κ3) is 3.57. The molecule has 21 heavy (non-hydrogen) atoms. The molecule has 112 valence electrons. The van der Waals surface area contributed by atoms with Crippen LogP contribution in [0.3, 0.4) is 0 Å². The van der Waals surface area contributed by atoms with Crippen LogP contribution in [-0.4, -0.2) is 22.9 Å². The largest absolute Gasteiger partial charge is 0.379 e. The minimum absolute atomic E-state index is 0.806. The van der Waals surface area contributed by atoms with Gasteiger partial charge in [0.25, 0.3) is 0 Å². The molecule has 0 unspecified atom stereocenters. The van der Waals surface area contributed by atoms with E-state index in [0.29, 0.717) is 0 Å². The summed E-state index contributed by atoms with van der Waals surface area (Å²) in [7, 11) is 1.98. The van der Waals surface area contributed by atoms with Crippen LogP contribution in [-0.2, 0) is 13.6 Å². The molecule has 4 heteroatoms. The lowest BCUT2D eigenvalue weighted by Gasteiger charge is -2.23. The van der Waals surface area contributed by atoms with Gasteiger partial charge in [0.1, 0.15) is 0 Å². The Hall–Kier alpha value is -1.97. The quantitative estimate of drug-likeness (QED) is 0.934. The molecule has 0 bridgehead atoms. The zero-order chi connectivity index (χ0) is 14.5. The molecule has 4 nitrogen and oxygen atoms in total. The van der Waals surface area contributed by atoms with Crippen molar-refractivity contribution in [2.75, 3.05) is 23.3 Å². The molecule has 1 fully saturated rings. The van der Waals surface area contributed by atoms with Crippen molar-refractivity contribution in [1.29, 1.82) is 0 Å². The van der Waals surface area contributed by atoms with Gasteiger partial charge in [-0.1, -0.05) is 18.9 Å². The smallest absolute Gasteiger partial charge is 0.0571 e. The van der Waals surface area contributed by atoms with Gasteiger partial charge in [-0.05, 0) is 37.1 Å². The van der Waals surface area contributed by atoms with Gasteiger partial charge in [0.05, 0.1) is 12.2 Å². The molecule has 0 spiro atoms. The number of rotatable bonds is 4. The van der Waals surface area contributed by atoms with Gasteiger partial charge in [0.15, 0.2) is 0 Å². The maximum Gasteiger partial charge on any atom is 0.0571 e. The number of benzene rings is 1. The van der Waals surface area contributed by atoms with Crippen molar-refractivity contribution < 1.29 is 0 Å². The van der Waals surface area contributed by atoms with Crippen molar-refractivity contribution in [3.8, 4) is 0 Å². The highest BCUT2D eigenvalue weighted by Gasteiger charge is 2.10. The third-order valence-corrected chi connectivity index (χ3v) is 4.21. The lowest BCUT2D eigenvalue weighted by Crippen LogP contribution is -2.23. The number of aryl methyl sites for hydroxylation is 1. The van der Waals surface area contributed by atoms with E-state index < -0.39 is 0 Å². The van der Waals surface area contributed by atoms with Gasteiger partial charge in [-0.15, -0.1) is 0 Å². The van der Waals surface area contributed by atoms with Gasteiger partial charge in [-0.25, -0.2) is 0 Å². The zero-order valence-electron chi connectivity index (χ0n) is 12.8. The van der Waals surface area contributed by atoms with Crippen molar-refractivity contribution in [2.24, 2.45) is 7.05 Å². The summed E-state index contributed by atoms with van der Waals surface area (Å²) in [6.45, 7) is 3.18. The Morgan fingerprint density at radius 1 is 1.10 bits per heavy atom. The van der Waals surface area contributed by atoms with Gasteiger partial charge in [0.2, 0.25) is 0 Å². The van der Waals surface area contributed by atoms with Crippen LogP contribution in [0.5, 0.6) is 0 Å². The Balaban J connectivity index is 1.66. The number of nitrogens with zero attached hydrogens (tertiary/aromatic N) is 3. The summed E-state index contributed by atoms with van der Waals surface area (Å²) in [5.74, 6) is 0. The summed E-state index contributed by atoms with van der Waals surface area (Å²) in [6.07, 6.45) is 7.20. The predicted octanol–water partition coefficient (Wildman–Crippen LogP) is 3.41. The van der Waals surface area contributed by atoms with Crippen LogP contribution in [0.1, 0.15) is 31.4 Å². The molecule has 1 aliphatic heterocycles. The third-order valence-electron chi connectivity index (χ3n) is 4.21. The van der Waals surface area contributed by atoms with E-state index in [1.54, 1.807) is 0 Å². The fourth-order valence-corrected chi connectivity index (χ4v) is 2.91. The summed E-state index contributed by atoms with van der Waals surface area (Å²) in [6, 6.07) is 10.8. The molecule has 1 N–H and O–H groups in total. The van der Waals surface area contributed by atoms with Gasteiger partial charge in [-0.3, -0.25) is 4.68 Å². The fourth-order valence-electron chi connectivity index (χ4n) is 2.91. The Kier molecular flexibility index (Phi) is 4.43. The van der Waals surface area contributed by atoms with E-state index >= 15 is 0 Å². The summed E-state index contributed by atoms with van der Waals surface area (Å²) < 4.78 is 1.91. The number of hydrogen-bond donors (Lipinski definition) is 1. The molecule has 2 aromatic rings. The second-order valence-corrected chi connectivity index (χ2v) is 5.75. The Morgan fingerprint density at radius 2 is 1.90 bits per heavy atom. The normalized spacial score (nSPS) is 15.8.